The zero-order chi connectivity index (χ0) is 29.9. The molecule has 0 saturated carbocycles. The third-order valence-corrected chi connectivity index (χ3v) is 7.74. The van der Waals surface area contributed by atoms with Crippen LogP contribution < -0.4 is 4.72 Å². The van der Waals surface area contributed by atoms with E-state index in [2.05, 4.69) is 4.72 Å². The van der Waals surface area contributed by atoms with E-state index in [4.69, 9.17) is 21.1 Å². The van der Waals surface area contributed by atoms with Gasteiger partial charge in [0.25, 0.3) is 5.69 Å². The van der Waals surface area contributed by atoms with E-state index in [1.807, 2.05) is 0 Å². The second-order valence-corrected chi connectivity index (χ2v) is 12.0. The Kier molecular flexibility index (Phi) is 10.2. The van der Waals surface area contributed by atoms with Gasteiger partial charge in [-0.25, -0.2) is 12.8 Å². The maximum atomic E-state index is 15.0. The molecular weight excluding hydrogens is 555 g/mol. The first-order valence-corrected chi connectivity index (χ1v) is 13.9. The van der Waals surface area contributed by atoms with Gasteiger partial charge < -0.3 is 9.47 Å². The van der Waals surface area contributed by atoms with Gasteiger partial charge in [-0.15, -0.1) is 0 Å². The number of rotatable bonds is 10. The van der Waals surface area contributed by atoms with Gasteiger partial charge in [0, 0.05) is 5.92 Å². The molecule has 0 fully saturated rings. The molecule has 0 saturated heterocycles. The van der Waals surface area contributed by atoms with Gasteiger partial charge in [0.15, 0.2) is 4.90 Å². The number of hydrogen-bond donors (Lipinski definition) is 1. The summed E-state index contributed by atoms with van der Waals surface area (Å²) in [4.78, 5) is 35.5. The minimum Gasteiger partial charge on any atom is -0.466 e. The molecular formula is C26H32ClFN2O8S. The summed E-state index contributed by atoms with van der Waals surface area (Å²) in [6, 6.07) is 3.07. The predicted octanol–water partition coefficient (Wildman–Crippen LogP) is 4.90. The monoisotopic (exact) mass is 586 g/mol. The van der Waals surface area contributed by atoms with Crippen LogP contribution in [0.1, 0.15) is 62.8 Å². The highest BCUT2D eigenvalue weighted by Crippen LogP contribution is 2.35. The van der Waals surface area contributed by atoms with Crippen LogP contribution in [0.15, 0.2) is 29.2 Å². The van der Waals surface area contributed by atoms with E-state index in [1.165, 1.54) is 19.9 Å². The first kappa shape index (κ1) is 32.1. The molecule has 0 aromatic heterocycles. The molecule has 0 aliphatic rings. The van der Waals surface area contributed by atoms with E-state index in [0.717, 1.165) is 12.1 Å². The summed E-state index contributed by atoms with van der Waals surface area (Å²) in [5.41, 5.74) is -1.05. The molecule has 0 aliphatic carbocycles. The Morgan fingerprint density at radius 1 is 1.18 bits per heavy atom. The van der Waals surface area contributed by atoms with Crippen LogP contribution in [0.25, 0.3) is 0 Å². The van der Waals surface area contributed by atoms with Crippen molar-refractivity contribution in [3.05, 3.63) is 67.5 Å². The number of benzene rings is 2. The standard InChI is InChI=1S/C26H32ClFN2O8S/c1-8-37-21(31)13-17-18(27)10-12-20(24(17)30(33)34)39(35,36)29-23(25(32)38-26(5,6)7)16(4)22-15(3)14(2)9-11-19(22)28/h9-12,16,23,29H,8,13H2,1-7H3/t16-,23-/m0/s1. The molecule has 2 aromatic carbocycles. The lowest BCUT2D eigenvalue weighted by Crippen LogP contribution is -2.47. The molecule has 0 spiro atoms. The Balaban J connectivity index is 2.70. The zero-order valence-corrected chi connectivity index (χ0v) is 24.3. The van der Waals surface area contributed by atoms with Gasteiger partial charge in [0.1, 0.15) is 17.5 Å². The number of aryl methyl sites for hydroxylation is 1. The fraction of sp³-hybridized carbons (Fsp3) is 0.462. The molecule has 0 radical (unpaired) electrons. The van der Waals surface area contributed by atoms with E-state index in [0.29, 0.717) is 11.1 Å². The number of halogens is 2. The molecule has 1 N–H and O–H groups in total. The summed E-state index contributed by atoms with van der Waals surface area (Å²) >= 11 is 6.11. The maximum Gasteiger partial charge on any atom is 0.325 e. The molecule has 214 valence electrons. The third-order valence-electron chi connectivity index (χ3n) is 5.92. The van der Waals surface area contributed by atoms with Gasteiger partial charge in [0.05, 0.1) is 28.5 Å². The first-order chi connectivity index (χ1) is 17.9. The molecule has 2 atom stereocenters. The number of nitro benzene ring substituents is 1. The number of nitrogens with one attached hydrogen (secondary N) is 1. The summed E-state index contributed by atoms with van der Waals surface area (Å²) < 4.78 is 54.6. The molecule has 39 heavy (non-hydrogen) atoms. The van der Waals surface area contributed by atoms with Crippen molar-refractivity contribution in [3.63, 3.8) is 0 Å². The fourth-order valence-electron chi connectivity index (χ4n) is 4.01. The number of carbonyl (C=O) groups is 2. The van der Waals surface area contributed by atoms with Gasteiger partial charge in [-0.1, -0.05) is 24.6 Å². The van der Waals surface area contributed by atoms with Crippen molar-refractivity contribution in [1.82, 2.24) is 4.72 Å². The van der Waals surface area contributed by atoms with Gasteiger partial charge in [-0.2, -0.15) is 4.72 Å². The first-order valence-electron chi connectivity index (χ1n) is 12.0. The topological polar surface area (TPSA) is 142 Å². The highest BCUT2D eigenvalue weighted by atomic mass is 35.5. The molecule has 0 heterocycles. The van der Waals surface area contributed by atoms with E-state index in [9.17, 15) is 32.5 Å². The second kappa shape index (κ2) is 12.4. The van der Waals surface area contributed by atoms with E-state index in [-0.39, 0.29) is 22.8 Å². The normalized spacial score (nSPS) is 13.5. The lowest BCUT2D eigenvalue weighted by Gasteiger charge is -2.29. The van der Waals surface area contributed by atoms with Gasteiger partial charge in [-0.3, -0.25) is 19.7 Å². The Labute approximate surface area is 232 Å². The number of ether oxygens (including phenoxy) is 2. The molecule has 0 bridgehead atoms. The van der Waals surface area contributed by atoms with Crippen molar-refractivity contribution in [2.75, 3.05) is 6.61 Å². The number of nitrogens with zero attached hydrogens (tertiary/aromatic N) is 1. The third kappa shape index (κ3) is 7.74. The SMILES string of the molecule is CCOC(=O)Cc1c(Cl)ccc(S(=O)(=O)N[C@H](C(=O)OC(C)(C)C)[C@@H](C)c2c(F)ccc(C)c2C)c1[N+](=O)[O-]. The van der Waals surface area contributed by atoms with Crippen LogP contribution in [0.5, 0.6) is 0 Å². The second-order valence-electron chi connectivity index (χ2n) is 9.94. The largest absolute Gasteiger partial charge is 0.466 e. The maximum absolute atomic E-state index is 15.0. The van der Waals surface area contributed by atoms with Crippen LogP contribution in [0.2, 0.25) is 5.02 Å². The van der Waals surface area contributed by atoms with Gasteiger partial charge >= 0.3 is 11.9 Å². The average Bonchev–Trinajstić information content (AvgIpc) is 2.80. The highest BCUT2D eigenvalue weighted by Gasteiger charge is 2.39. The van der Waals surface area contributed by atoms with Crippen molar-refractivity contribution in [3.8, 4) is 0 Å². The number of sulfonamides is 1. The van der Waals surface area contributed by atoms with Gasteiger partial charge in [-0.05, 0) is 76.4 Å². The predicted molar refractivity (Wildman–Crippen MR) is 143 cm³/mol. The van der Waals surface area contributed by atoms with Crippen molar-refractivity contribution in [2.45, 2.75) is 77.3 Å². The van der Waals surface area contributed by atoms with Crippen molar-refractivity contribution in [2.24, 2.45) is 0 Å². The summed E-state index contributed by atoms with van der Waals surface area (Å²) in [5.74, 6) is -3.61. The Morgan fingerprint density at radius 3 is 2.33 bits per heavy atom. The summed E-state index contributed by atoms with van der Waals surface area (Å²) in [6.07, 6.45) is -0.661. The number of hydrogen-bond acceptors (Lipinski definition) is 8. The smallest absolute Gasteiger partial charge is 0.325 e. The molecule has 10 nitrogen and oxygen atoms in total. The van der Waals surface area contributed by atoms with Crippen LogP contribution in [0.4, 0.5) is 10.1 Å². The number of nitro groups is 1. The quantitative estimate of drug-likeness (QED) is 0.235. The lowest BCUT2D eigenvalue weighted by molar-refractivity contribution is -0.388. The molecule has 0 aliphatic heterocycles. The Bertz CT molecular complexity index is 1390. The fourth-order valence-corrected chi connectivity index (χ4v) is 5.69. The van der Waals surface area contributed by atoms with Crippen LogP contribution in [-0.2, 0) is 35.5 Å². The van der Waals surface area contributed by atoms with Crippen LogP contribution in [-0.4, -0.2) is 43.5 Å². The molecule has 0 amide bonds. The highest BCUT2D eigenvalue weighted by molar-refractivity contribution is 7.89. The van der Waals surface area contributed by atoms with Crippen LogP contribution >= 0.6 is 11.6 Å². The molecule has 13 heteroatoms. The van der Waals surface area contributed by atoms with Crippen molar-refractivity contribution in [1.29, 1.82) is 0 Å². The van der Waals surface area contributed by atoms with E-state index < -0.39 is 67.3 Å². The van der Waals surface area contributed by atoms with E-state index >= 15 is 0 Å². The number of esters is 2. The number of carbonyl (C=O) groups excluding carboxylic acids is 2. The average molecular weight is 587 g/mol. The van der Waals surface area contributed by atoms with Crippen LogP contribution in [0.3, 0.4) is 0 Å². The molecule has 2 rings (SSSR count). The molecule has 2 aromatic rings. The zero-order valence-electron chi connectivity index (χ0n) is 22.8. The summed E-state index contributed by atoms with van der Waals surface area (Å²) in [5, 5.41) is 11.8. The lowest BCUT2D eigenvalue weighted by atomic mass is 9.88. The Morgan fingerprint density at radius 2 is 1.79 bits per heavy atom. The Hall–Kier alpha value is -3.09. The van der Waals surface area contributed by atoms with Crippen LogP contribution in [0, 0.1) is 29.8 Å². The minimum absolute atomic E-state index is 0.00577. The van der Waals surface area contributed by atoms with E-state index in [1.54, 1.807) is 40.7 Å². The minimum atomic E-state index is -4.84. The van der Waals surface area contributed by atoms with Gasteiger partial charge in [0.2, 0.25) is 10.0 Å². The molecule has 0 unspecified atom stereocenters. The van der Waals surface area contributed by atoms with Crippen molar-refractivity contribution >= 4 is 39.3 Å². The summed E-state index contributed by atoms with van der Waals surface area (Å²) in [7, 11) is -4.84. The van der Waals surface area contributed by atoms with Crippen molar-refractivity contribution < 1.29 is 36.8 Å². The summed E-state index contributed by atoms with van der Waals surface area (Å²) in [6.45, 7) is 11.1.